The number of para-hydroxylation sites is 1. The number of aromatic nitrogens is 1. The number of rotatable bonds is 7. The van der Waals surface area contributed by atoms with Gasteiger partial charge in [0.05, 0.1) is 16.0 Å². The Morgan fingerprint density at radius 3 is 2.83 bits per heavy atom. The molecule has 4 rings (SSSR count). The van der Waals surface area contributed by atoms with Crippen molar-refractivity contribution in [1.29, 1.82) is 0 Å². The van der Waals surface area contributed by atoms with Gasteiger partial charge in [-0.05, 0) is 56.1 Å². The van der Waals surface area contributed by atoms with Gasteiger partial charge in [0, 0.05) is 24.0 Å². The molecule has 0 bridgehead atoms. The van der Waals surface area contributed by atoms with Crippen LogP contribution in [0.5, 0.6) is 0 Å². The molecule has 1 amide bonds. The summed E-state index contributed by atoms with van der Waals surface area (Å²) in [5.74, 6) is 1.23. The van der Waals surface area contributed by atoms with Crippen molar-refractivity contribution in [1.82, 2.24) is 9.88 Å². The number of carbonyl (C=O) groups is 1. The van der Waals surface area contributed by atoms with Gasteiger partial charge in [0.1, 0.15) is 5.01 Å². The summed E-state index contributed by atoms with van der Waals surface area (Å²) in [4.78, 5) is 19.4. The molecule has 1 unspecified atom stereocenters. The Labute approximate surface area is 180 Å². The van der Waals surface area contributed by atoms with Gasteiger partial charge in [-0.15, -0.1) is 23.1 Å². The summed E-state index contributed by atoms with van der Waals surface area (Å²) in [6.07, 6.45) is 3.94. The van der Waals surface area contributed by atoms with E-state index in [1.54, 1.807) is 23.1 Å². The third-order valence-electron chi connectivity index (χ3n) is 5.36. The average Bonchev–Trinajstić information content (AvgIpc) is 3.14. The van der Waals surface area contributed by atoms with E-state index in [9.17, 15) is 4.79 Å². The standard InChI is InChI=1S/C23H27N3OS2/c1-17-6-4-5-13-26(17)14-18-9-11-19(12-10-18)24-22(27)15-28-16-23-25-20-7-2-3-8-21(20)29-23/h2-3,7-12,17H,4-6,13-16H2,1H3,(H,24,27). The molecule has 1 N–H and O–H groups in total. The van der Waals surface area contributed by atoms with Crippen LogP contribution in [0.15, 0.2) is 48.5 Å². The molecule has 2 aromatic carbocycles. The van der Waals surface area contributed by atoms with Crippen molar-refractivity contribution in [3.63, 3.8) is 0 Å². The molecule has 2 heterocycles. The first-order valence-electron chi connectivity index (χ1n) is 10.2. The minimum absolute atomic E-state index is 0.0357. The summed E-state index contributed by atoms with van der Waals surface area (Å²) in [6, 6.07) is 17.1. The molecule has 4 nitrogen and oxygen atoms in total. The van der Waals surface area contributed by atoms with Crippen LogP contribution >= 0.6 is 23.1 Å². The molecule has 0 spiro atoms. The van der Waals surface area contributed by atoms with Gasteiger partial charge in [-0.25, -0.2) is 4.98 Å². The zero-order valence-corrected chi connectivity index (χ0v) is 18.4. The highest BCUT2D eigenvalue weighted by Crippen LogP contribution is 2.25. The van der Waals surface area contributed by atoms with Crippen LogP contribution in [0.3, 0.4) is 0 Å². The summed E-state index contributed by atoms with van der Waals surface area (Å²) in [7, 11) is 0. The molecule has 1 aliphatic heterocycles. The predicted octanol–water partition coefficient (Wildman–Crippen LogP) is 5.54. The molecule has 0 radical (unpaired) electrons. The number of thioether (sulfide) groups is 1. The van der Waals surface area contributed by atoms with Gasteiger partial charge in [-0.2, -0.15) is 0 Å². The van der Waals surface area contributed by atoms with E-state index < -0.39 is 0 Å². The largest absolute Gasteiger partial charge is 0.325 e. The van der Waals surface area contributed by atoms with Crippen molar-refractivity contribution in [2.75, 3.05) is 17.6 Å². The number of thiazole rings is 1. The number of piperidine rings is 1. The van der Waals surface area contributed by atoms with E-state index in [0.717, 1.165) is 28.5 Å². The maximum Gasteiger partial charge on any atom is 0.234 e. The highest BCUT2D eigenvalue weighted by Gasteiger charge is 2.18. The van der Waals surface area contributed by atoms with Crippen molar-refractivity contribution in [3.8, 4) is 0 Å². The second-order valence-corrected chi connectivity index (χ2v) is 9.73. The number of carbonyl (C=O) groups excluding carboxylic acids is 1. The van der Waals surface area contributed by atoms with E-state index in [-0.39, 0.29) is 5.91 Å². The van der Waals surface area contributed by atoms with Crippen LogP contribution < -0.4 is 5.32 Å². The fourth-order valence-corrected chi connectivity index (χ4v) is 5.58. The molecular weight excluding hydrogens is 398 g/mol. The molecule has 152 valence electrons. The van der Waals surface area contributed by atoms with Gasteiger partial charge in [0.2, 0.25) is 5.91 Å². The van der Waals surface area contributed by atoms with Gasteiger partial charge in [-0.1, -0.05) is 30.7 Å². The number of anilines is 1. The predicted molar refractivity (Wildman–Crippen MR) is 125 cm³/mol. The van der Waals surface area contributed by atoms with Gasteiger partial charge >= 0.3 is 0 Å². The summed E-state index contributed by atoms with van der Waals surface area (Å²) in [6.45, 7) is 4.50. The minimum Gasteiger partial charge on any atom is -0.325 e. The first kappa shape index (κ1) is 20.4. The normalized spacial score (nSPS) is 17.5. The van der Waals surface area contributed by atoms with Gasteiger partial charge < -0.3 is 5.32 Å². The molecule has 0 aliphatic carbocycles. The van der Waals surface area contributed by atoms with E-state index in [1.807, 2.05) is 30.3 Å². The first-order valence-corrected chi connectivity index (χ1v) is 12.2. The molecule has 29 heavy (non-hydrogen) atoms. The zero-order valence-electron chi connectivity index (χ0n) is 16.8. The summed E-state index contributed by atoms with van der Waals surface area (Å²) in [5, 5.41) is 4.07. The van der Waals surface area contributed by atoms with E-state index >= 15 is 0 Å². The molecule has 1 atom stereocenters. The summed E-state index contributed by atoms with van der Waals surface area (Å²) in [5.41, 5.74) is 3.21. The Morgan fingerprint density at radius 1 is 1.21 bits per heavy atom. The second-order valence-electron chi connectivity index (χ2n) is 7.63. The molecule has 0 saturated carbocycles. The Kier molecular flexibility index (Phi) is 6.85. The van der Waals surface area contributed by atoms with Gasteiger partial charge in [0.15, 0.2) is 0 Å². The fourth-order valence-electron chi connectivity index (χ4n) is 3.73. The Morgan fingerprint density at radius 2 is 2.03 bits per heavy atom. The van der Waals surface area contributed by atoms with Crippen LogP contribution in [0.4, 0.5) is 5.69 Å². The molecule has 1 aliphatic rings. The third-order valence-corrected chi connectivity index (χ3v) is 7.52. The minimum atomic E-state index is 0.0357. The highest BCUT2D eigenvalue weighted by molar-refractivity contribution is 7.99. The van der Waals surface area contributed by atoms with Crippen molar-refractivity contribution < 1.29 is 4.79 Å². The number of likely N-dealkylation sites (tertiary alicyclic amines) is 1. The second kappa shape index (κ2) is 9.74. The van der Waals surface area contributed by atoms with E-state index in [0.29, 0.717) is 11.8 Å². The van der Waals surface area contributed by atoms with E-state index in [1.165, 1.54) is 36.1 Å². The lowest BCUT2D eigenvalue weighted by Crippen LogP contribution is -2.36. The average molecular weight is 426 g/mol. The number of hydrogen-bond donors (Lipinski definition) is 1. The zero-order chi connectivity index (χ0) is 20.1. The van der Waals surface area contributed by atoms with Gasteiger partial charge in [0.25, 0.3) is 0 Å². The lowest BCUT2D eigenvalue weighted by molar-refractivity contribution is -0.113. The van der Waals surface area contributed by atoms with Crippen LogP contribution in [0.1, 0.15) is 36.8 Å². The molecule has 6 heteroatoms. The Hall–Kier alpha value is -1.89. The lowest BCUT2D eigenvalue weighted by atomic mass is 10.0. The Bertz CT molecular complexity index is 921. The monoisotopic (exact) mass is 425 g/mol. The summed E-state index contributed by atoms with van der Waals surface area (Å²) >= 11 is 3.31. The van der Waals surface area contributed by atoms with Crippen molar-refractivity contribution in [3.05, 3.63) is 59.1 Å². The van der Waals surface area contributed by atoms with Crippen LogP contribution in [0.25, 0.3) is 10.2 Å². The maximum atomic E-state index is 12.3. The van der Waals surface area contributed by atoms with E-state index in [2.05, 4.69) is 40.3 Å². The maximum absolute atomic E-state index is 12.3. The number of nitrogens with one attached hydrogen (secondary N) is 1. The molecule has 1 saturated heterocycles. The number of amides is 1. The van der Waals surface area contributed by atoms with Crippen LogP contribution in [0.2, 0.25) is 0 Å². The lowest BCUT2D eigenvalue weighted by Gasteiger charge is -2.33. The van der Waals surface area contributed by atoms with Crippen LogP contribution in [-0.2, 0) is 17.1 Å². The van der Waals surface area contributed by atoms with Crippen molar-refractivity contribution in [2.45, 2.75) is 44.5 Å². The number of benzene rings is 2. The SMILES string of the molecule is CC1CCCCN1Cc1ccc(NC(=O)CSCc2nc3ccccc3s2)cc1. The quantitative estimate of drug-likeness (QED) is 0.540. The Balaban J connectivity index is 1.23. The molecule has 1 aromatic heterocycles. The number of hydrogen-bond acceptors (Lipinski definition) is 5. The fraction of sp³-hybridized carbons (Fsp3) is 0.391. The van der Waals surface area contributed by atoms with Crippen molar-refractivity contribution >= 4 is 44.9 Å². The molecular formula is C23H27N3OS2. The first-order chi connectivity index (χ1) is 14.2. The third kappa shape index (κ3) is 5.59. The molecule has 1 fully saturated rings. The van der Waals surface area contributed by atoms with Crippen LogP contribution in [-0.4, -0.2) is 34.1 Å². The smallest absolute Gasteiger partial charge is 0.234 e. The topological polar surface area (TPSA) is 45.2 Å². The van der Waals surface area contributed by atoms with Crippen LogP contribution in [0, 0.1) is 0 Å². The summed E-state index contributed by atoms with van der Waals surface area (Å²) < 4.78 is 1.20. The van der Waals surface area contributed by atoms with E-state index in [4.69, 9.17) is 0 Å². The molecule has 3 aromatic rings. The van der Waals surface area contributed by atoms with Gasteiger partial charge in [-0.3, -0.25) is 9.69 Å². The number of nitrogens with zero attached hydrogens (tertiary/aromatic N) is 2. The van der Waals surface area contributed by atoms with Crippen molar-refractivity contribution in [2.24, 2.45) is 0 Å². The number of fused-ring (bicyclic) bond motifs is 1. The highest BCUT2D eigenvalue weighted by atomic mass is 32.2.